The molecule has 2 aliphatic heterocycles. The first-order valence-corrected chi connectivity index (χ1v) is 10.6. The molecular weight excluding hydrogens is 372 g/mol. The van der Waals surface area contributed by atoms with Gasteiger partial charge in [0, 0.05) is 31.7 Å². The van der Waals surface area contributed by atoms with Crippen LogP contribution < -0.4 is 4.74 Å². The van der Waals surface area contributed by atoms with Gasteiger partial charge < -0.3 is 29.9 Å². The number of carbonyl (C=O) groups excluding carboxylic acids is 1. The lowest BCUT2D eigenvalue weighted by Gasteiger charge is -2.67. The Kier molecular flexibility index (Phi) is 4.02. The van der Waals surface area contributed by atoms with Gasteiger partial charge in [0.05, 0.1) is 0 Å². The molecule has 1 aromatic carbocycles. The fourth-order valence-electron chi connectivity index (χ4n) is 6.08. The molecule has 2 heterocycles. The van der Waals surface area contributed by atoms with Crippen molar-refractivity contribution in [3.63, 3.8) is 0 Å². The predicted molar refractivity (Wildman–Crippen MR) is 106 cm³/mol. The number of piperazine rings is 1. The van der Waals surface area contributed by atoms with E-state index >= 15 is 0 Å². The molecule has 3 N–H and O–H groups in total. The fourth-order valence-corrected chi connectivity index (χ4v) is 6.08. The summed E-state index contributed by atoms with van der Waals surface area (Å²) in [5.74, 6) is 0.154. The number of hydrogen-bond donors (Lipinski definition) is 3. The maximum absolute atomic E-state index is 13.2. The van der Waals surface area contributed by atoms with E-state index in [4.69, 9.17) is 4.74 Å². The number of carbonyl (C=O) groups is 1. The maximum atomic E-state index is 13.2. The Morgan fingerprint density at radius 2 is 1.86 bits per heavy atom. The minimum Gasteiger partial charge on any atom is -0.507 e. The molecule has 0 unspecified atom stereocenters. The van der Waals surface area contributed by atoms with Gasteiger partial charge >= 0.3 is 0 Å². The number of fused-ring (bicyclic) bond motifs is 1. The summed E-state index contributed by atoms with van der Waals surface area (Å²) >= 11 is 0. The summed E-state index contributed by atoms with van der Waals surface area (Å²) < 4.78 is 6.22. The Labute approximate surface area is 170 Å². The van der Waals surface area contributed by atoms with E-state index in [2.05, 4.69) is 18.7 Å². The van der Waals surface area contributed by atoms with Crippen LogP contribution in [-0.4, -0.2) is 76.0 Å². The largest absolute Gasteiger partial charge is 0.507 e. The van der Waals surface area contributed by atoms with Gasteiger partial charge in [-0.2, -0.15) is 0 Å². The first kappa shape index (κ1) is 19.2. The number of hydrogen-bond acceptors (Lipinski definition) is 6. The number of ether oxygens (including phenoxy) is 1. The Bertz CT molecular complexity index is 863. The molecule has 0 radical (unpaired) electrons. The molecule has 1 aromatic rings. The second-order valence-electron chi connectivity index (χ2n) is 9.91. The summed E-state index contributed by atoms with van der Waals surface area (Å²) in [6, 6.07) is 3.00. The van der Waals surface area contributed by atoms with Gasteiger partial charge in [0.1, 0.15) is 34.9 Å². The molecule has 1 saturated heterocycles. The monoisotopic (exact) mass is 402 g/mol. The van der Waals surface area contributed by atoms with Gasteiger partial charge in [-0.25, -0.2) is 0 Å². The Balaban J connectivity index is 1.54. The van der Waals surface area contributed by atoms with Crippen LogP contribution >= 0.6 is 0 Å². The summed E-state index contributed by atoms with van der Waals surface area (Å²) in [4.78, 5) is 17.1. The molecule has 5 aliphatic rings. The van der Waals surface area contributed by atoms with Gasteiger partial charge in [0.25, 0.3) is 5.91 Å². The SMILES string of the molecule is CN1CCN(C(=O)c2c(O)ccc3c2O[C@@H]2C[C@H]4C[C@H](C4(C)C)[C@]2(O)[C@H]3O)CC1. The topological polar surface area (TPSA) is 93.5 Å². The highest BCUT2D eigenvalue weighted by Gasteiger charge is 2.69. The number of likely N-dealkylation sites (N-methyl/N-ethyl adjacent to an activating group) is 1. The maximum Gasteiger partial charge on any atom is 0.261 e. The molecule has 7 nitrogen and oxygen atoms in total. The summed E-state index contributed by atoms with van der Waals surface area (Å²) in [5, 5.41) is 33.4. The van der Waals surface area contributed by atoms with Crippen LogP contribution in [0.1, 0.15) is 48.7 Å². The van der Waals surface area contributed by atoms with Crippen molar-refractivity contribution >= 4 is 5.91 Å². The van der Waals surface area contributed by atoms with Crippen LogP contribution in [-0.2, 0) is 0 Å². The van der Waals surface area contributed by atoms with E-state index in [9.17, 15) is 20.1 Å². The molecule has 1 amide bonds. The molecule has 0 spiro atoms. The summed E-state index contributed by atoms with van der Waals surface area (Å²) in [6.45, 7) is 6.97. The van der Waals surface area contributed by atoms with Crippen molar-refractivity contribution < 1.29 is 24.9 Å². The highest BCUT2D eigenvalue weighted by molar-refractivity contribution is 6.00. The first-order valence-electron chi connectivity index (χ1n) is 10.6. The first-order chi connectivity index (χ1) is 13.7. The van der Waals surface area contributed by atoms with Crippen LogP contribution in [0.3, 0.4) is 0 Å². The molecule has 0 aromatic heterocycles. The van der Waals surface area contributed by atoms with Crippen molar-refractivity contribution in [2.45, 2.75) is 44.5 Å². The number of aromatic hydroxyl groups is 1. The second-order valence-corrected chi connectivity index (χ2v) is 9.91. The quantitative estimate of drug-likeness (QED) is 0.657. The molecule has 5 atom stereocenters. The Morgan fingerprint density at radius 3 is 2.52 bits per heavy atom. The van der Waals surface area contributed by atoms with Crippen molar-refractivity contribution in [3.8, 4) is 11.5 Å². The molecule has 3 saturated carbocycles. The van der Waals surface area contributed by atoms with E-state index in [0.717, 1.165) is 19.5 Å². The zero-order chi connectivity index (χ0) is 20.7. The Morgan fingerprint density at radius 1 is 1.17 bits per heavy atom. The number of nitrogens with zero attached hydrogens (tertiary/aromatic N) is 2. The van der Waals surface area contributed by atoms with Crippen LogP contribution in [0.15, 0.2) is 12.1 Å². The number of aliphatic hydroxyl groups is 2. The highest BCUT2D eigenvalue weighted by atomic mass is 16.5. The lowest BCUT2D eigenvalue weighted by atomic mass is 9.42. The van der Waals surface area contributed by atoms with Gasteiger partial charge in [-0.3, -0.25) is 4.79 Å². The molecular formula is C22H30N2O5. The van der Waals surface area contributed by atoms with Gasteiger partial charge in [-0.1, -0.05) is 13.8 Å². The summed E-state index contributed by atoms with van der Waals surface area (Å²) in [6.07, 6.45) is -0.223. The number of phenolic OH excluding ortho intramolecular Hbond substituents is 1. The number of amides is 1. The zero-order valence-corrected chi connectivity index (χ0v) is 17.3. The van der Waals surface area contributed by atoms with Crippen molar-refractivity contribution in [1.82, 2.24) is 9.80 Å². The summed E-state index contributed by atoms with van der Waals surface area (Å²) in [5.41, 5.74) is -0.939. The van der Waals surface area contributed by atoms with Crippen LogP contribution in [0.25, 0.3) is 0 Å². The third kappa shape index (κ3) is 2.44. The van der Waals surface area contributed by atoms with Gasteiger partial charge in [0.15, 0.2) is 0 Å². The minimum absolute atomic E-state index is 0.0531. The molecule has 7 heteroatoms. The highest BCUT2D eigenvalue weighted by Crippen LogP contribution is 2.67. The second kappa shape index (κ2) is 6.09. The molecule has 2 bridgehead atoms. The third-order valence-electron chi connectivity index (χ3n) is 8.21. The van der Waals surface area contributed by atoms with Crippen molar-refractivity contribution in [2.24, 2.45) is 17.3 Å². The lowest BCUT2D eigenvalue weighted by Crippen LogP contribution is -2.72. The van der Waals surface area contributed by atoms with E-state index < -0.39 is 17.8 Å². The normalized spacial score (nSPS) is 37.8. The Hall–Kier alpha value is -1.83. The van der Waals surface area contributed by atoms with E-state index in [1.165, 1.54) is 6.07 Å². The fraction of sp³-hybridized carbons (Fsp3) is 0.682. The average molecular weight is 402 g/mol. The molecule has 29 heavy (non-hydrogen) atoms. The zero-order valence-electron chi connectivity index (χ0n) is 17.3. The molecule has 3 aliphatic carbocycles. The smallest absolute Gasteiger partial charge is 0.261 e. The van der Waals surface area contributed by atoms with E-state index in [0.29, 0.717) is 31.0 Å². The van der Waals surface area contributed by atoms with E-state index in [1.54, 1.807) is 11.0 Å². The number of phenols is 1. The molecule has 4 fully saturated rings. The van der Waals surface area contributed by atoms with Gasteiger partial charge in [0.2, 0.25) is 0 Å². The van der Waals surface area contributed by atoms with Crippen LogP contribution in [0, 0.1) is 17.3 Å². The average Bonchev–Trinajstić information content (AvgIpc) is 2.68. The number of benzene rings is 1. The predicted octanol–water partition coefficient (Wildman–Crippen LogP) is 1.37. The third-order valence-corrected chi connectivity index (χ3v) is 8.21. The minimum atomic E-state index is -1.38. The number of aliphatic hydroxyl groups excluding tert-OH is 1. The molecule has 158 valence electrons. The summed E-state index contributed by atoms with van der Waals surface area (Å²) in [7, 11) is 2.01. The van der Waals surface area contributed by atoms with Crippen molar-refractivity contribution in [2.75, 3.05) is 33.2 Å². The number of rotatable bonds is 1. The van der Waals surface area contributed by atoms with Crippen LogP contribution in [0.2, 0.25) is 0 Å². The van der Waals surface area contributed by atoms with Crippen LogP contribution in [0.4, 0.5) is 0 Å². The van der Waals surface area contributed by atoms with Crippen LogP contribution in [0.5, 0.6) is 11.5 Å². The molecule has 6 rings (SSSR count). The standard InChI is InChI=1S/C22H30N2O5/c1-21(2)12-10-15(21)22(28)16(11-12)29-18-13(19(22)26)4-5-14(25)17(18)20(27)24-8-6-23(3)7-9-24/h4-5,12,15-16,19,25-26,28H,6-11H2,1-3H3/t12-,15-,16-,19+,22-/m1/s1. The van der Waals surface area contributed by atoms with Crippen molar-refractivity contribution in [3.05, 3.63) is 23.3 Å². The van der Waals surface area contributed by atoms with E-state index in [-0.39, 0.29) is 34.3 Å². The van der Waals surface area contributed by atoms with Gasteiger partial charge in [-0.15, -0.1) is 0 Å². The van der Waals surface area contributed by atoms with E-state index in [1.807, 2.05) is 7.05 Å². The lowest BCUT2D eigenvalue weighted by molar-refractivity contribution is -0.289. The van der Waals surface area contributed by atoms with Crippen molar-refractivity contribution in [1.29, 1.82) is 0 Å². The van der Waals surface area contributed by atoms with Gasteiger partial charge in [-0.05, 0) is 49.3 Å².